The first-order valence-electron chi connectivity index (χ1n) is 14.8. The second-order valence-corrected chi connectivity index (χ2v) is 12.0. The van der Waals surface area contributed by atoms with Crippen LogP contribution in [0.25, 0.3) is 0 Å². The Hall–Kier alpha value is -5.92. The predicted molar refractivity (Wildman–Crippen MR) is 163 cm³/mol. The van der Waals surface area contributed by atoms with Gasteiger partial charge in [-0.25, -0.2) is 0 Å². The number of imide groups is 2. The molecule has 0 radical (unpaired) electrons. The zero-order chi connectivity index (χ0) is 33.3. The van der Waals surface area contributed by atoms with E-state index < -0.39 is 69.0 Å². The van der Waals surface area contributed by atoms with E-state index >= 15 is 0 Å². The highest BCUT2D eigenvalue weighted by Gasteiger charge is 2.62. The van der Waals surface area contributed by atoms with Crippen molar-refractivity contribution in [1.82, 2.24) is 0 Å². The molecule has 14 nitrogen and oxygen atoms in total. The highest BCUT2D eigenvalue weighted by Crippen LogP contribution is 2.59. The third kappa shape index (κ3) is 4.47. The molecular formula is C33H26N4O10. The van der Waals surface area contributed by atoms with Gasteiger partial charge in [0.15, 0.2) is 11.5 Å². The summed E-state index contributed by atoms with van der Waals surface area (Å²) in [6.07, 6.45) is 2.14. The summed E-state index contributed by atoms with van der Waals surface area (Å²) in [6, 6.07) is 14.9. The molecule has 2 heterocycles. The molecule has 1 N–H and O–H groups in total. The van der Waals surface area contributed by atoms with Crippen molar-refractivity contribution in [2.75, 3.05) is 16.9 Å². The molecule has 3 fully saturated rings. The number of non-ortho nitro benzene ring substituents is 2. The van der Waals surface area contributed by atoms with Gasteiger partial charge in [-0.15, -0.1) is 0 Å². The third-order valence-electron chi connectivity index (χ3n) is 9.85. The number of carbonyl (C=O) groups is 4. The summed E-state index contributed by atoms with van der Waals surface area (Å²) in [6.45, 7) is 0. The Kier molecular flexibility index (Phi) is 6.88. The number of anilines is 2. The number of nitrogens with zero attached hydrogens (tertiary/aromatic N) is 4. The van der Waals surface area contributed by atoms with Gasteiger partial charge in [-0.1, -0.05) is 17.7 Å². The smallest absolute Gasteiger partial charge is 0.269 e. The molecule has 14 heteroatoms. The average molecular weight is 639 g/mol. The summed E-state index contributed by atoms with van der Waals surface area (Å²) >= 11 is 0. The molecule has 0 bridgehead atoms. The van der Waals surface area contributed by atoms with Gasteiger partial charge in [-0.05, 0) is 60.7 Å². The molecule has 47 heavy (non-hydrogen) atoms. The van der Waals surface area contributed by atoms with Crippen LogP contribution in [0.3, 0.4) is 0 Å². The highest BCUT2D eigenvalue weighted by molar-refractivity contribution is 6.24. The van der Waals surface area contributed by atoms with Crippen molar-refractivity contribution in [2.45, 2.75) is 18.8 Å². The maximum absolute atomic E-state index is 14.2. The fourth-order valence-electron chi connectivity index (χ4n) is 7.82. The van der Waals surface area contributed by atoms with E-state index in [1.165, 1.54) is 61.7 Å². The number of aromatic hydroxyl groups is 1. The molecule has 3 aromatic carbocycles. The molecule has 4 aliphatic rings. The van der Waals surface area contributed by atoms with Crippen LogP contribution in [0, 0.1) is 49.8 Å². The minimum absolute atomic E-state index is 0.0947. The number of ether oxygens (including phenoxy) is 1. The lowest BCUT2D eigenvalue weighted by atomic mass is 9.57. The number of hydrogen-bond donors (Lipinski definition) is 1. The second kappa shape index (κ2) is 10.9. The van der Waals surface area contributed by atoms with E-state index in [0.717, 1.165) is 9.80 Å². The number of carbonyl (C=O) groups excluding carboxylic acids is 4. The van der Waals surface area contributed by atoms with E-state index in [1.54, 1.807) is 12.1 Å². The van der Waals surface area contributed by atoms with Gasteiger partial charge in [0.2, 0.25) is 23.6 Å². The SMILES string of the molecule is COc1ccc(C2C3=CCC4C(=O)N(c5ccc([N+](=O)[O-])cc5)C(=O)C4C3CC3C(=O)N(c4ccc([N+](=O)[O-])cc4)C(=O)C32)cc1O. The molecule has 0 aromatic heterocycles. The van der Waals surface area contributed by atoms with Gasteiger partial charge in [0.1, 0.15) is 0 Å². The Balaban J connectivity index is 1.31. The molecule has 0 spiro atoms. The van der Waals surface area contributed by atoms with Gasteiger partial charge in [-0.2, -0.15) is 0 Å². The molecule has 1 saturated carbocycles. The van der Waals surface area contributed by atoms with Gasteiger partial charge in [0, 0.05) is 30.2 Å². The number of hydrogen-bond acceptors (Lipinski definition) is 10. The Bertz CT molecular complexity index is 1920. The molecule has 7 rings (SSSR count). The number of fused-ring (bicyclic) bond motifs is 4. The number of allylic oxidation sites excluding steroid dienone is 2. The summed E-state index contributed by atoms with van der Waals surface area (Å²) in [7, 11) is 1.39. The van der Waals surface area contributed by atoms with Crippen molar-refractivity contribution >= 4 is 46.4 Å². The largest absolute Gasteiger partial charge is 0.504 e. The molecule has 4 amide bonds. The third-order valence-corrected chi connectivity index (χ3v) is 9.85. The molecule has 6 unspecified atom stereocenters. The minimum atomic E-state index is -0.914. The van der Waals surface area contributed by atoms with Crippen molar-refractivity contribution < 1.29 is 38.9 Å². The van der Waals surface area contributed by atoms with Crippen LogP contribution in [-0.4, -0.2) is 45.7 Å². The first-order chi connectivity index (χ1) is 22.5. The normalized spacial score (nSPS) is 26.4. The highest BCUT2D eigenvalue weighted by atomic mass is 16.6. The van der Waals surface area contributed by atoms with Crippen molar-refractivity contribution in [2.24, 2.45) is 29.6 Å². The Morgan fingerprint density at radius 1 is 0.723 bits per heavy atom. The van der Waals surface area contributed by atoms with Crippen LogP contribution in [0.4, 0.5) is 22.7 Å². The molecular weight excluding hydrogens is 612 g/mol. The number of methoxy groups -OCH3 is 1. The van der Waals surface area contributed by atoms with Gasteiger partial charge in [-0.3, -0.25) is 49.2 Å². The minimum Gasteiger partial charge on any atom is -0.504 e. The van der Waals surface area contributed by atoms with Gasteiger partial charge < -0.3 is 9.84 Å². The number of nitro benzene ring substituents is 2. The lowest BCUT2D eigenvalue weighted by Gasteiger charge is -2.44. The fraction of sp³-hybridized carbons (Fsp3) is 0.273. The van der Waals surface area contributed by atoms with Gasteiger partial charge >= 0.3 is 0 Å². The first kappa shape index (κ1) is 29.8. The van der Waals surface area contributed by atoms with Crippen LogP contribution < -0.4 is 14.5 Å². The van der Waals surface area contributed by atoms with E-state index in [9.17, 15) is 44.5 Å². The van der Waals surface area contributed by atoms with Gasteiger partial charge in [0.25, 0.3) is 11.4 Å². The molecule has 3 aromatic rings. The zero-order valence-corrected chi connectivity index (χ0v) is 24.7. The van der Waals surface area contributed by atoms with Crippen molar-refractivity contribution in [3.63, 3.8) is 0 Å². The number of amides is 4. The van der Waals surface area contributed by atoms with Crippen molar-refractivity contribution in [3.05, 3.63) is 104 Å². The van der Waals surface area contributed by atoms with Crippen LogP contribution in [0.15, 0.2) is 78.4 Å². The summed E-state index contributed by atoms with van der Waals surface area (Å²) in [5.74, 6) is -6.75. The van der Waals surface area contributed by atoms with Crippen molar-refractivity contribution in [3.8, 4) is 11.5 Å². The summed E-state index contributed by atoms with van der Waals surface area (Å²) in [5, 5.41) is 33.1. The van der Waals surface area contributed by atoms with E-state index in [4.69, 9.17) is 4.74 Å². The number of phenolic OH excluding ortho intramolecular Hbond substituents is 1. The van der Waals surface area contributed by atoms with Crippen LogP contribution in [0.2, 0.25) is 0 Å². The van der Waals surface area contributed by atoms with Crippen LogP contribution in [0.5, 0.6) is 11.5 Å². The van der Waals surface area contributed by atoms with Crippen molar-refractivity contribution in [1.29, 1.82) is 0 Å². The van der Waals surface area contributed by atoms with E-state index in [1.807, 2.05) is 6.08 Å². The fourth-order valence-corrected chi connectivity index (χ4v) is 7.82. The lowest BCUT2D eigenvalue weighted by molar-refractivity contribution is -0.385. The van der Waals surface area contributed by atoms with E-state index in [2.05, 4.69) is 0 Å². The maximum Gasteiger partial charge on any atom is 0.269 e. The summed E-state index contributed by atoms with van der Waals surface area (Å²) in [4.78, 5) is 79.3. The second-order valence-electron chi connectivity index (χ2n) is 12.0. The standard InChI is InChI=1S/C33H26N4O10/c1-47-26-13-2-16(14-25(26)38)27-21-11-12-22-28(32(41)34(30(22)39)17-3-7-19(8-4-17)36(43)44)23(21)15-24-29(27)33(42)35(31(24)40)18-5-9-20(10-6-18)37(45)46/h2-11,13-14,22-24,27-29,38H,12,15H2,1H3. The molecule has 2 saturated heterocycles. The number of nitro groups is 2. The number of rotatable bonds is 6. The Morgan fingerprint density at radius 2 is 1.26 bits per heavy atom. The summed E-state index contributed by atoms with van der Waals surface area (Å²) in [5.41, 5.74) is 1.19. The van der Waals surface area contributed by atoms with Crippen LogP contribution in [-0.2, 0) is 19.2 Å². The quantitative estimate of drug-likeness (QED) is 0.177. The van der Waals surface area contributed by atoms with E-state index in [0.29, 0.717) is 11.1 Å². The van der Waals surface area contributed by atoms with Crippen LogP contribution >= 0.6 is 0 Å². The topological polar surface area (TPSA) is 190 Å². The number of phenols is 1. The average Bonchev–Trinajstić information content (AvgIpc) is 3.47. The Morgan fingerprint density at radius 3 is 1.77 bits per heavy atom. The molecule has 6 atom stereocenters. The van der Waals surface area contributed by atoms with E-state index in [-0.39, 0.29) is 47.1 Å². The number of benzene rings is 3. The monoisotopic (exact) mass is 638 g/mol. The maximum atomic E-state index is 14.2. The molecule has 2 aliphatic heterocycles. The van der Waals surface area contributed by atoms with Gasteiger partial charge in [0.05, 0.1) is 52.0 Å². The first-order valence-corrected chi connectivity index (χ1v) is 14.8. The zero-order valence-electron chi connectivity index (χ0n) is 24.7. The van der Waals surface area contributed by atoms with Crippen LogP contribution in [0.1, 0.15) is 24.3 Å². The summed E-state index contributed by atoms with van der Waals surface area (Å²) < 4.78 is 5.21. The molecule has 2 aliphatic carbocycles. The Labute approximate surface area is 266 Å². The lowest BCUT2D eigenvalue weighted by Crippen LogP contribution is -2.43. The predicted octanol–water partition coefficient (Wildman–Crippen LogP) is 4.26. The molecule has 238 valence electrons.